The van der Waals surface area contributed by atoms with Crippen LogP contribution in [0.5, 0.6) is 0 Å². The van der Waals surface area contributed by atoms with E-state index in [4.69, 9.17) is 14.0 Å². The van der Waals surface area contributed by atoms with Crippen molar-refractivity contribution < 1.29 is 14.0 Å². The van der Waals surface area contributed by atoms with Gasteiger partial charge in [0.1, 0.15) is 0 Å². The molecule has 0 radical (unpaired) electrons. The Labute approximate surface area is 134 Å². The Morgan fingerprint density at radius 2 is 1.68 bits per heavy atom. The van der Waals surface area contributed by atoms with Crippen molar-refractivity contribution in [3.8, 4) is 0 Å². The van der Waals surface area contributed by atoms with Crippen molar-refractivity contribution in [2.75, 3.05) is 0 Å². The van der Waals surface area contributed by atoms with Crippen LogP contribution in [0, 0.1) is 0 Å². The molecule has 0 spiro atoms. The summed E-state index contributed by atoms with van der Waals surface area (Å²) in [7, 11) is -0.272. The third-order valence-corrected chi connectivity index (χ3v) is 4.41. The molecule has 0 amide bonds. The van der Waals surface area contributed by atoms with Crippen molar-refractivity contribution in [2.45, 2.75) is 65.0 Å². The van der Waals surface area contributed by atoms with Gasteiger partial charge in [-0.15, -0.1) is 0 Å². The van der Waals surface area contributed by atoms with Crippen molar-refractivity contribution in [1.29, 1.82) is 0 Å². The molecule has 1 aliphatic heterocycles. The van der Waals surface area contributed by atoms with E-state index in [0.717, 1.165) is 6.42 Å². The maximum Gasteiger partial charge on any atom is 0.486 e. The third kappa shape index (κ3) is 4.45. The van der Waals surface area contributed by atoms with Crippen LogP contribution in [0.3, 0.4) is 0 Å². The predicted molar refractivity (Wildman–Crippen MR) is 90.5 cm³/mol. The summed E-state index contributed by atoms with van der Waals surface area (Å²) < 4.78 is 17.7. The first-order valence-electron chi connectivity index (χ1n) is 7.98. The number of hydrogen-bond donors (Lipinski definition) is 0. The van der Waals surface area contributed by atoms with E-state index in [2.05, 4.69) is 52.8 Å². The molecule has 0 bridgehead atoms. The summed E-state index contributed by atoms with van der Waals surface area (Å²) in [6, 6.07) is 10.2. The Bertz CT molecular complexity index is 480. The van der Waals surface area contributed by atoms with Gasteiger partial charge in [-0.2, -0.15) is 0 Å². The van der Waals surface area contributed by atoms with E-state index in [0.29, 0.717) is 6.61 Å². The standard InChI is InChI=1S/C18H27BO3/c1-15(20-14-16-11-7-6-8-12-16)10-9-13-19-21-17(2,3)18(4,5)22-19/h6-9,11-13,15H,10,14H2,1-5H3/b13-9+. The van der Waals surface area contributed by atoms with Crippen molar-refractivity contribution in [2.24, 2.45) is 0 Å². The van der Waals surface area contributed by atoms with Gasteiger partial charge in [0.2, 0.25) is 0 Å². The third-order valence-electron chi connectivity index (χ3n) is 4.41. The lowest BCUT2D eigenvalue weighted by Crippen LogP contribution is -2.41. The zero-order valence-corrected chi connectivity index (χ0v) is 14.3. The second kappa shape index (κ2) is 6.99. The fourth-order valence-corrected chi connectivity index (χ4v) is 2.23. The molecule has 22 heavy (non-hydrogen) atoms. The van der Waals surface area contributed by atoms with Gasteiger partial charge >= 0.3 is 7.12 Å². The van der Waals surface area contributed by atoms with Gasteiger partial charge < -0.3 is 14.0 Å². The average Bonchev–Trinajstić information content (AvgIpc) is 2.65. The van der Waals surface area contributed by atoms with Gasteiger partial charge in [0, 0.05) is 0 Å². The molecular weight excluding hydrogens is 275 g/mol. The quantitative estimate of drug-likeness (QED) is 0.738. The molecule has 120 valence electrons. The molecule has 3 nitrogen and oxygen atoms in total. The molecule has 0 saturated carbocycles. The van der Waals surface area contributed by atoms with E-state index in [1.165, 1.54) is 5.56 Å². The normalized spacial score (nSPS) is 21.4. The van der Waals surface area contributed by atoms with Crippen LogP contribution in [-0.2, 0) is 20.7 Å². The summed E-state index contributed by atoms with van der Waals surface area (Å²) >= 11 is 0. The Balaban J connectivity index is 1.74. The van der Waals surface area contributed by atoms with E-state index in [-0.39, 0.29) is 24.4 Å². The van der Waals surface area contributed by atoms with Crippen LogP contribution in [0.2, 0.25) is 0 Å². The predicted octanol–water partition coefficient (Wildman–Crippen LogP) is 4.17. The molecule has 4 heteroatoms. The van der Waals surface area contributed by atoms with Crippen LogP contribution < -0.4 is 0 Å². The molecule has 0 aromatic heterocycles. The van der Waals surface area contributed by atoms with Crippen molar-refractivity contribution >= 4 is 7.12 Å². The summed E-state index contributed by atoms with van der Waals surface area (Å²) in [5.41, 5.74) is 0.638. The minimum atomic E-state index is -0.280. The van der Waals surface area contributed by atoms with E-state index >= 15 is 0 Å². The van der Waals surface area contributed by atoms with Gasteiger partial charge in [-0.1, -0.05) is 42.4 Å². The SMILES string of the molecule is CC(C/C=C/B1OC(C)(C)C(C)(C)O1)OCc1ccccc1. The molecular formula is C18H27BO3. The largest absolute Gasteiger partial charge is 0.486 e. The smallest absolute Gasteiger partial charge is 0.400 e. The summed E-state index contributed by atoms with van der Waals surface area (Å²) in [6.07, 6.45) is 3.09. The van der Waals surface area contributed by atoms with E-state index < -0.39 is 0 Å². The fourth-order valence-electron chi connectivity index (χ4n) is 2.23. The second-order valence-electron chi connectivity index (χ2n) is 6.90. The molecule has 1 aromatic carbocycles. The molecule has 2 rings (SSSR count). The Hall–Kier alpha value is -1.10. The number of hydrogen-bond acceptors (Lipinski definition) is 3. The first-order chi connectivity index (χ1) is 10.3. The minimum absolute atomic E-state index is 0.166. The zero-order valence-electron chi connectivity index (χ0n) is 14.3. The first-order valence-corrected chi connectivity index (χ1v) is 7.98. The molecule has 1 saturated heterocycles. The van der Waals surface area contributed by atoms with E-state index in [9.17, 15) is 0 Å². The zero-order chi connectivity index (χ0) is 16.2. The summed E-state index contributed by atoms with van der Waals surface area (Å²) in [5, 5.41) is 0. The van der Waals surface area contributed by atoms with Gasteiger partial charge in [0.05, 0.1) is 23.9 Å². The molecule has 1 aromatic rings. The lowest BCUT2D eigenvalue weighted by Gasteiger charge is -2.32. The molecule has 1 fully saturated rings. The van der Waals surface area contributed by atoms with Crippen LogP contribution in [0.4, 0.5) is 0 Å². The van der Waals surface area contributed by atoms with Gasteiger partial charge in [-0.3, -0.25) is 0 Å². The average molecular weight is 302 g/mol. The molecule has 1 heterocycles. The fraction of sp³-hybridized carbons (Fsp3) is 0.556. The van der Waals surface area contributed by atoms with Crippen LogP contribution in [0.1, 0.15) is 46.6 Å². The van der Waals surface area contributed by atoms with E-state index in [1.54, 1.807) is 0 Å². The van der Waals surface area contributed by atoms with Crippen LogP contribution in [-0.4, -0.2) is 24.4 Å². The summed E-state index contributed by atoms with van der Waals surface area (Å²) in [5.74, 6) is 1.98. The lowest BCUT2D eigenvalue weighted by atomic mass is 9.89. The second-order valence-corrected chi connectivity index (χ2v) is 6.90. The van der Waals surface area contributed by atoms with Crippen molar-refractivity contribution in [3.63, 3.8) is 0 Å². The van der Waals surface area contributed by atoms with Crippen LogP contribution in [0.25, 0.3) is 0 Å². The Morgan fingerprint density at radius 1 is 1.09 bits per heavy atom. The molecule has 0 N–H and O–H groups in total. The van der Waals surface area contributed by atoms with Gasteiger partial charge in [0.15, 0.2) is 0 Å². The van der Waals surface area contributed by atoms with Crippen molar-refractivity contribution in [3.05, 3.63) is 47.9 Å². The van der Waals surface area contributed by atoms with E-state index in [1.807, 2.05) is 24.2 Å². The number of benzene rings is 1. The van der Waals surface area contributed by atoms with Crippen molar-refractivity contribution in [1.82, 2.24) is 0 Å². The van der Waals surface area contributed by atoms with Gasteiger partial charge in [-0.25, -0.2) is 0 Å². The highest BCUT2D eigenvalue weighted by atomic mass is 16.7. The van der Waals surface area contributed by atoms with Crippen LogP contribution in [0.15, 0.2) is 42.4 Å². The topological polar surface area (TPSA) is 27.7 Å². The molecule has 1 atom stereocenters. The summed E-state index contributed by atoms with van der Waals surface area (Å²) in [6.45, 7) is 11.0. The molecule has 0 aliphatic carbocycles. The van der Waals surface area contributed by atoms with Gasteiger partial charge in [-0.05, 0) is 46.6 Å². The van der Waals surface area contributed by atoms with Gasteiger partial charge in [0.25, 0.3) is 0 Å². The molecule has 1 aliphatic rings. The molecule has 1 unspecified atom stereocenters. The number of rotatable bonds is 6. The highest BCUT2D eigenvalue weighted by Gasteiger charge is 2.49. The highest BCUT2D eigenvalue weighted by Crippen LogP contribution is 2.36. The maximum absolute atomic E-state index is 5.93. The summed E-state index contributed by atoms with van der Waals surface area (Å²) in [4.78, 5) is 0. The highest BCUT2D eigenvalue weighted by molar-refractivity contribution is 6.51. The minimum Gasteiger partial charge on any atom is -0.400 e. The monoisotopic (exact) mass is 302 g/mol. The Kier molecular flexibility index (Phi) is 5.48. The van der Waals surface area contributed by atoms with Crippen LogP contribution >= 0.6 is 0 Å². The maximum atomic E-state index is 5.93. The first kappa shape index (κ1) is 17.3. The number of ether oxygens (including phenoxy) is 1. The lowest BCUT2D eigenvalue weighted by molar-refractivity contribution is 0.00578. The Morgan fingerprint density at radius 3 is 2.27 bits per heavy atom.